The third-order valence-electron chi connectivity index (χ3n) is 3.22. The number of allylic oxidation sites excluding steroid dienone is 1. The Morgan fingerprint density at radius 3 is 2.59 bits per heavy atom. The molecule has 0 radical (unpaired) electrons. The van der Waals surface area contributed by atoms with Crippen molar-refractivity contribution in [3.05, 3.63) is 41.6 Å². The van der Waals surface area contributed by atoms with Gasteiger partial charge in [0.2, 0.25) is 5.91 Å². The molecule has 0 atom stereocenters. The maximum absolute atomic E-state index is 11.7. The third kappa shape index (κ3) is 2.96. The highest BCUT2D eigenvalue weighted by Crippen LogP contribution is 2.18. The van der Waals surface area contributed by atoms with Crippen LogP contribution in [0.15, 0.2) is 30.5 Å². The molecule has 1 saturated heterocycles. The van der Waals surface area contributed by atoms with E-state index in [1.54, 1.807) is 0 Å². The summed E-state index contributed by atoms with van der Waals surface area (Å²) < 4.78 is 0. The van der Waals surface area contributed by atoms with Crippen molar-refractivity contribution in [2.24, 2.45) is 0 Å². The quantitative estimate of drug-likeness (QED) is 0.761. The van der Waals surface area contributed by atoms with Crippen molar-refractivity contribution in [1.82, 2.24) is 4.90 Å². The Morgan fingerprint density at radius 2 is 1.94 bits per heavy atom. The second kappa shape index (κ2) is 5.17. The van der Waals surface area contributed by atoms with Crippen LogP contribution in [0.25, 0.3) is 5.57 Å². The van der Waals surface area contributed by atoms with Gasteiger partial charge in [0.05, 0.1) is 0 Å². The summed E-state index contributed by atoms with van der Waals surface area (Å²) in [5.74, 6) is 0.253. The number of benzene rings is 1. The number of likely N-dealkylation sites (tertiary alicyclic amines) is 1. The van der Waals surface area contributed by atoms with E-state index in [1.165, 1.54) is 11.1 Å². The average molecular weight is 229 g/mol. The van der Waals surface area contributed by atoms with E-state index in [2.05, 4.69) is 38.1 Å². The average Bonchev–Trinajstić information content (AvgIpc) is 2.33. The van der Waals surface area contributed by atoms with Crippen LogP contribution in [0.3, 0.4) is 0 Å². The molecule has 1 heterocycles. The normalized spacial score (nSPS) is 17.4. The van der Waals surface area contributed by atoms with Crippen molar-refractivity contribution < 1.29 is 4.79 Å². The lowest BCUT2D eigenvalue weighted by molar-refractivity contribution is -0.130. The second-order valence-electron chi connectivity index (χ2n) is 4.72. The van der Waals surface area contributed by atoms with Crippen LogP contribution >= 0.6 is 0 Å². The molecule has 0 saturated carbocycles. The topological polar surface area (TPSA) is 20.3 Å². The predicted octanol–water partition coefficient (Wildman–Crippen LogP) is 3.37. The summed E-state index contributed by atoms with van der Waals surface area (Å²) in [4.78, 5) is 13.6. The first-order chi connectivity index (χ1) is 8.16. The third-order valence-corrected chi connectivity index (χ3v) is 3.22. The molecule has 1 aromatic carbocycles. The molecular formula is C15H19NO. The molecule has 2 nitrogen and oxygen atoms in total. The van der Waals surface area contributed by atoms with Gasteiger partial charge in [0, 0.05) is 19.2 Å². The zero-order valence-electron chi connectivity index (χ0n) is 10.6. The molecule has 2 rings (SSSR count). The van der Waals surface area contributed by atoms with Crippen molar-refractivity contribution >= 4 is 11.5 Å². The van der Waals surface area contributed by atoms with Gasteiger partial charge in [-0.2, -0.15) is 0 Å². The maximum Gasteiger partial charge on any atom is 0.226 e. The fraction of sp³-hybridized carbons (Fsp3) is 0.400. The SMILES string of the molecule is C/C(=C\N1CCCCC1=O)c1ccc(C)cc1. The van der Waals surface area contributed by atoms with Crippen LogP contribution in [0.4, 0.5) is 0 Å². The molecule has 1 aromatic rings. The molecule has 0 spiro atoms. The van der Waals surface area contributed by atoms with Gasteiger partial charge in [-0.25, -0.2) is 0 Å². The molecule has 1 fully saturated rings. The van der Waals surface area contributed by atoms with Gasteiger partial charge >= 0.3 is 0 Å². The van der Waals surface area contributed by atoms with E-state index in [0.717, 1.165) is 25.0 Å². The highest BCUT2D eigenvalue weighted by Gasteiger charge is 2.15. The highest BCUT2D eigenvalue weighted by atomic mass is 16.2. The van der Waals surface area contributed by atoms with E-state index < -0.39 is 0 Å². The molecule has 1 amide bonds. The van der Waals surface area contributed by atoms with E-state index in [-0.39, 0.29) is 5.91 Å². The van der Waals surface area contributed by atoms with Crippen LogP contribution in [0.1, 0.15) is 37.3 Å². The van der Waals surface area contributed by atoms with Crippen molar-refractivity contribution in [1.29, 1.82) is 0 Å². The number of piperidine rings is 1. The number of hydrogen-bond donors (Lipinski definition) is 0. The first-order valence-electron chi connectivity index (χ1n) is 6.22. The molecule has 17 heavy (non-hydrogen) atoms. The van der Waals surface area contributed by atoms with Crippen LogP contribution < -0.4 is 0 Å². The molecular weight excluding hydrogens is 210 g/mol. The van der Waals surface area contributed by atoms with E-state index in [0.29, 0.717) is 6.42 Å². The summed E-state index contributed by atoms with van der Waals surface area (Å²) in [6.45, 7) is 5.01. The molecule has 1 aliphatic rings. The van der Waals surface area contributed by atoms with Crippen molar-refractivity contribution in [2.75, 3.05) is 6.54 Å². The van der Waals surface area contributed by atoms with Gasteiger partial charge in [-0.15, -0.1) is 0 Å². The molecule has 2 heteroatoms. The Balaban J connectivity index is 2.15. The van der Waals surface area contributed by atoms with E-state index >= 15 is 0 Å². The van der Waals surface area contributed by atoms with Crippen LogP contribution in [0.2, 0.25) is 0 Å². The van der Waals surface area contributed by atoms with Crippen LogP contribution in [-0.2, 0) is 4.79 Å². The number of carbonyl (C=O) groups is 1. The van der Waals surface area contributed by atoms with Gasteiger partial charge in [0.1, 0.15) is 0 Å². The minimum atomic E-state index is 0.253. The van der Waals surface area contributed by atoms with Gasteiger partial charge in [0.25, 0.3) is 0 Å². The van der Waals surface area contributed by atoms with Gasteiger partial charge in [-0.05, 0) is 37.8 Å². The first-order valence-corrected chi connectivity index (χ1v) is 6.22. The largest absolute Gasteiger partial charge is 0.319 e. The molecule has 0 unspecified atom stereocenters. The minimum absolute atomic E-state index is 0.253. The van der Waals surface area contributed by atoms with Gasteiger partial charge < -0.3 is 4.90 Å². The fourth-order valence-electron chi connectivity index (χ4n) is 2.09. The minimum Gasteiger partial charge on any atom is -0.319 e. The number of nitrogens with zero attached hydrogens (tertiary/aromatic N) is 1. The Hall–Kier alpha value is -1.57. The zero-order chi connectivity index (χ0) is 12.3. The van der Waals surface area contributed by atoms with Gasteiger partial charge in [0.15, 0.2) is 0 Å². The van der Waals surface area contributed by atoms with E-state index in [1.807, 2.05) is 11.1 Å². The van der Waals surface area contributed by atoms with Crippen LogP contribution in [0, 0.1) is 6.92 Å². The zero-order valence-corrected chi connectivity index (χ0v) is 10.6. The van der Waals surface area contributed by atoms with Crippen LogP contribution in [0.5, 0.6) is 0 Å². The lowest BCUT2D eigenvalue weighted by Crippen LogP contribution is -2.30. The molecule has 0 bridgehead atoms. The molecule has 0 aromatic heterocycles. The van der Waals surface area contributed by atoms with Crippen molar-refractivity contribution in [3.8, 4) is 0 Å². The second-order valence-corrected chi connectivity index (χ2v) is 4.72. The summed E-state index contributed by atoms with van der Waals surface area (Å²) in [6, 6.07) is 8.42. The van der Waals surface area contributed by atoms with E-state index in [9.17, 15) is 4.79 Å². The Bertz CT molecular complexity index is 431. The molecule has 90 valence electrons. The smallest absolute Gasteiger partial charge is 0.226 e. The number of carbonyl (C=O) groups excluding carboxylic acids is 1. The molecule has 0 N–H and O–H groups in total. The molecule has 1 aliphatic heterocycles. The van der Waals surface area contributed by atoms with Crippen LogP contribution in [-0.4, -0.2) is 17.4 Å². The summed E-state index contributed by atoms with van der Waals surface area (Å²) in [5.41, 5.74) is 3.60. The lowest BCUT2D eigenvalue weighted by Gasteiger charge is -2.24. The summed E-state index contributed by atoms with van der Waals surface area (Å²) in [5, 5.41) is 0. The Labute approximate surface area is 103 Å². The summed E-state index contributed by atoms with van der Waals surface area (Å²) in [6.07, 6.45) is 4.83. The standard InChI is InChI=1S/C15H19NO/c1-12-6-8-14(9-7-12)13(2)11-16-10-4-3-5-15(16)17/h6-9,11H,3-5,10H2,1-2H3/b13-11+. The Kier molecular flexibility index (Phi) is 3.62. The van der Waals surface area contributed by atoms with Gasteiger partial charge in [-0.1, -0.05) is 29.8 Å². The first kappa shape index (κ1) is 11.9. The molecule has 0 aliphatic carbocycles. The summed E-state index contributed by atoms with van der Waals surface area (Å²) in [7, 11) is 0. The number of amides is 1. The monoisotopic (exact) mass is 229 g/mol. The Morgan fingerprint density at radius 1 is 1.24 bits per heavy atom. The number of rotatable bonds is 2. The number of hydrogen-bond acceptors (Lipinski definition) is 1. The maximum atomic E-state index is 11.7. The predicted molar refractivity (Wildman–Crippen MR) is 70.4 cm³/mol. The summed E-state index contributed by atoms with van der Waals surface area (Å²) >= 11 is 0. The number of aryl methyl sites for hydroxylation is 1. The lowest BCUT2D eigenvalue weighted by atomic mass is 10.1. The fourth-order valence-corrected chi connectivity index (χ4v) is 2.09. The van der Waals surface area contributed by atoms with Crippen molar-refractivity contribution in [2.45, 2.75) is 33.1 Å². The highest BCUT2D eigenvalue weighted by molar-refractivity contribution is 5.79. The van der Waals surface area contributed by atoms with Gasteiger partial charge in [-0.3, -0.25) is 4.79 Å². The van der Waals surface area contributed by atoms with E-state index in [4.69, 9.17) is 0 Å². The van der Waals surface area contributed by atoms with Crippen molar-refractivity contribution in [3.63, 3.8) is 0 Å².